The van der Waals surface area contributed by atoms with Crippen LogP contribution in [0.1, 0.15) is 42.5 Å². The van der Waals surface area contributed by atoms with Gasteiger partial charge in [-0.3, -0.25) is 9.78 Å². The van der Waals surface area contributed by atoms with E-state index < -0.39 is 0 Å². The van der Waals surface area contributed by atoms with Crippen molar-refractivity contribution in [2.75, 3.05) is 21.2 Å². The summed E-state index contributed by atoms with van der Waals surface area (Å²) in [6, 6.07) is 1.74. The number of carbonyl (C=O) groups excluding carboxylic acids is 1. The number of ether oxygens (including phenoxy) is 1. The maximum atomic E-state index is 10.6. The molecule has 0 radical (unpaired) electrons. The van der Waals surface area contributed by atoms with E-state index in [1.165, 1.54) is 19.3 Å². The minimum atomic E-state index is 0.0359. The number of aliphatic hydroxyl groups is 1. The van der Waals surface area contributed by atoms with Gasteiger partial charge in [-0.2, -0.15) is 0 Å². The van der Waals surface area contributed by atoms with Crippen LogP contribution >= 0.6 is 0 Å². The second-order valence-corrected chi connectivity index (χ2v) is 5.39. The number of hydrogen-bond acceptors (Lipinski definition) is 5. The third kappa shape index (κ3) is 6.00. The van der Waals surface area contributed by atoms with Crippen molar-refractivity contribution in [3.05, 3.63) is 24.0 Å². The number of aromatic nitrogens is 2. The highest BCUT2D eigenvalue weighted by molar-refractivity contribution is 5.96. The SMILES string of the molecule is CNC.COc1ccnc2c(C=O)c[nH]c12.OC1CCCCC1. The Morgan fingerprint density at radius 1 is 1.35 bits per heavy atom. The first-order valence-electron chi connectivity index (χ1n) is 7.89. The van der Waals surface area contributed by atoms with Crippen molar-refractivity contribution < 1.29 is 14.6 Å². The van der Waals surface area contributed by atoms with Crippen molar-refractivity contribution in [3.8, 4) is 5.75 Å². The Bertz CT molecular complexity index is 577. The highest BCUT2D eigenvalue weighted by atomic mass is 16.5. The number of fused-ring (bicyclic) bond motifs is 1. The molecule has 1 fully saturated rings. The summed E-state index contributed by atoms with van der Waals surface area (Å²) in [7, 11) is 5.33. The zero-order chi connectivity index (χ0) is 17.1. The lowest BCUT2D eigenvalue weighted by molar-refractivity contribution is 0.112. The van der Waals surface area contributed by atoms with Gasteiger partial charge in [0.2, 0.25) is 0 Å². The molecule has 0 bridgehead atoms. The first kappa shape index (κ1) is 19.1. The number of H-pyrrole nitrogens is 1. The van der Waals surface area contributed by atoms with Crippen molar-refractivity contribution in [1.29, 1.82) is 0 Å². The quantitative estimate of drug-likeness (QED) is 0.740. The third-order valence-corrected chi connectivity index (χ3v) is 3.48. The van der Waals surface area contributed by atoms with Crippen molar-refractivity contribution in [2.45, 2.75) is 38.2 Å². The number of aliphatic hydroxyl groups excluding tert-OH is 1. The van der Waals surface area contributed by atoms with E-state index in [0.717, 1.165) is 24.6 Å². The van der Waals surface area contributed by atoms with Gasteiger partial charge < -0.3 is 20.1 Å². The van der Waals surface area contributed by atoms with Gasteiger partial charge >= 0.3 is 0 Å². The molecule has 0 aliphatic heterocycles. The molecule has 2 aromatic rings. The second kappa shape index (κ2) is 10.7. The predicted octanol–water partition coefficient (Wildman–Crippen LogP) is 2.53. The van der Waals surface area contributed by atoms with Gasteiger partial charge in [0.25, 0.3) is 0 Å². The molecule has 23 heavy (non-hydrogen) atoms. The van der Waals surface area contributed by atoms with Crippen molar-refractivity contribution in [2.24, 2.45) is 0 Å². The van der Waals surface area contributed by atoms with Crippen molar-refractivity contribution in [3.63, 3.8) is 0 Å². The number of nitrogens with one attached hydrogen (secondary N) is 2. The molecule has 0 aromatic carbocycles. The first-order chi connectivity index (χ1) is 11.2. The van der Waals surface area contributed by atoms with Gasteiger partial charge in [-0.1, -0.05) is 19.3 Å². The molecule has 0 spiro atoms. The summed E-state index contributed by atoms with van der Waals surface area (Å²) in [6.07, 6.45) is 9.92. The summed E-state index contributed by atoms with van der Waals surface area (Å²) in [5.74, 6) is 0.693. The molecular weight excluding hydrogens is 294 g/mol. The summed E-state index contributed by atoms with van der Waals surface area (Å²) in [6.45, 7) is 0. The highest BCUT2D eigenvalue weighted by Gasteiger charge is 2.08. The van der Waals surface area contributed by atoms with Crippen LogP contribution in [0.5, 0.6) is 5.75 Å². The summed E-state index contributed by atoms with van der Waals surface area (Å²) in [5.41, 5.74) is 1.95. The average Bonchev–Trinajstić information content (AvgIpc) is 3.00. The maximum absolute atomic E-state index is 10.6. The minimum Gasteiger partial charge on any atom is -0.494 e. The Labute approximate surface area is 137 Å². The van der Waals surface area contributed by atoms with E-state index >= 15 is 0 Å². The Hall–Kier alpha value is -1.92. The Morgan fingerprint density at radius 3 is 2.48 bits per heavy atom. The fourth-order valence-corrected chi connectivity index (χ4v) is 2.36. The number of carbonyl (C=O) groups is 1. The largest absolute Gasteiger partial charge is 0.494 e. The smallest absolute Gasteiger partial charge is 0.153 e. The molecule has 2 aromatic heterocycles. The zero-order valence-electron chi connectivity index (χ0n) is 14.1. The van der Waals surface area contributed by atoms with E-state index in [-0.39, 0.29) is 6.10 Å². The molecule has 3 N–H and O–H groups in total. The van der Waals surface area contributed by atoms with E-state index in [4.69, 9.17) is 9.84 Å². The van der Waals surface area contributed by atoms with E-state index in [1.54, 1.807) is 25.6 Å². The lowest BCUT2D eigenvalue weighted by Crippen LogP contribution is -2.09. The Morgan fingerprint density at radius 2 is 2.00 bits per heavy atom. The van der Waals surface area contributed by atoms with E-state index in [0.29, 0.717) is 16.8 Å². The topological polar surface area (TPSA) is 87.2 Å². The van der Waals surface area contributed by atoms with Gasteiger partial charge in [0.1, 0.15) is 16.8 Å². The number of rotatable bonds is 2. The van der Waals surface area contributed by atoms with Gasteiger partial charge in [0.05, 0.1) is 18.8 Å². The van der Waals surface area contributed by atoms with Gasteiger partial charge in [0.15, 0.2) is 6.29 Å². The van der Waals surface area contributed by atoms with Crippen LogP contribution in [-0.2, 0) is 0 Å². The molecule has 1 saturated carbocycles. The summed E-state index contributed by atoms with van der Waals surface area (Å²) >= 11 is 0. The van der Waals surface area contributed by atoms with E-state index in [9.17, 15) is 4.79 Å². The fraction of sp³-hybridized carbons (Fsp3) is 0.529. The van der Waals surface area contributed by atoms with Gasteiger partial charge in [-0.15, -0.1) is 0 Å². The second-order valence-electron chi connectivity index (χ2n) is 5.39. The molecular formula is C17H27N3O3. The predicted molar refractivity (Wildman–Crippen MR) is 92.1 cm³/mol. The normalized spacial score (nSPS) is 14.3. The summed E-state index contributed by atoms with van der Waals surface area (Å²) < 4.78 is 5.10. The highest BCUT2D eigenvalue weighted by Crippen LogP contribution is 2.23. The lowest BCUT2D eigenvalue weighted by atomic mass is 9.98. The van der Waals surface area contributed by atoms with Crippen LogP contribution in [0.25, 0.3) is 11.0 Å². The number of hydrogen-bond donors (Lipinski definition) is 3. The first-order valence-corrected chi connectivity index (χ1v) is 7.89. The fourth-order valence-electron chi connectivity index (χ4n) is 2.36. The summed E-state index contributed by atoms with van der Waals surface area (Å²) in [4.78, 5) is 17.6. The molecule has 0 unspecified atom stereocenters. The van der Waals surface area contributed by atoms with Crippen molar-refractivity contribution >= 4 is 17.3 Å². The molecule has 6 nitrogen and oxygen atoms in total. The molecule has 6 heteroatoms. The Kier molecular flexibility index (Phi) is 8.94. The number of pyridine rings is 1. The third-order valence-electron chi connectivity index (χ3n) is 3.48. The van der Waals surface area contributed by atoms with Crippen LogP contribution in [0.4, 0.5) is 0 Å². The van der Waals surface area contributed by atoms with Crippen LogP contribution in [0.15, 0.2) is 18.5 Å². The standard InChI is InChI=1S/C9H8N2O2.C6H12O.C2H7N/c1-13-7-2-3-10-8-6(5-12)4-11-9(7)8;7-6-4-2-1-3-5-6;1-3-2/h2-5,11H,1H3;6-7H,1-5H2;3H,1-2H3. The number of aromatic amines is 1. The molecule has 0 atom stereocenters. The van der Waals surface area contributed by atoms with Crippen molar-refractivity contribution in [1.82, 2.24) is 15.3 Å². The Balaban J connectivity index is 0.000000223. The molecule has 1 aliphatic rings. The maximum Gasteiger partial charge on any atom is 0.153 e. The number of aldehydes is 1. The van der Waals surface area contributed by atoms with E-state index in [2.05, 4.69) is 15.3 Å². The molecule has 0 saturated heterocycles. The molecule has 0 amide bonds. The van der Waals surface area contributed by atoms with Crippen LogP contribution in [0, 0.1) is 0 Å². The lowest BCUT2D eigenvalue weighted by Gasteiger charge is -2.14. The molecule has 3 rings (SSSR count). The van der Waals surface area contributed by atoms with E-state index in [1.807, 2.05) is 14.1 Å². The zero-order valence-corrected chi connectivity index (χ0v) is 14.1. The van der Waals surface area contributed by atoms with Gasteiger partial charge in [-0.05, 0) is 26.9 Å². The minimum absolute atomic E-state index is 0.0359. The van der Waals surface area contributed by atoms with Crippen LogP contribution < -0.4 is 10.1 Å². The number of methoxy groups -OCH3 is 1. The molecule has 1 aliphatic carbocycles. The van der Waals surface area contributed by atoms with Crippen LogP contribution in [0.3, 0.4) is 0 Å². The molecule has 2 heterocycles. The van der Waals surface area contributed by atoms with Gasteiger partial charge in [-0.25, -0.2) is 0 Å². The van der Waals surface area contributed by atoms with Gasteiger partial charge in [0, 0.05) is 18.5 Å². The molecule has 128 valence electrons. The monoisotopic (exact) mass is 321 g/mol. The number of nitrogens with zero attached hydrogens (tertiary/aromatic N) is 1. The van der Waals surface area contributed by atoms with Crippen LogP contribution in [-0.4, -0.2) is 48.7 Å². The average molecular weight is 321 g/mol. The summed E-state index contributed by atoms with van der Waals surface area (Å²) in [5, 5.41) is 11.7. The van der Waals surface area contributed by atoms with Crippen LogP contribution in [0.2, 0.25) is 0 Å².